The van der Waals surface area contributed by atoms with Gasteiger partial charge < -0.3 is 52.7 Å². The van der Waals surface area contributed by atoms with Crippen LogP contribution in [0.4, 0.5) is 0 Å². The molecule has 1 N–H and O–H groups in total. The third-order valence-corrected chi connectivity index (χ3v) is 11.4. The van der Waals surface area contributed by atoms with Crippen molar-refractivity contribution in [2.24, 2.45) is 0 Å². The number of rotatable bonds is 25. The van der Waals surface area contributed by atoms with E-state index in [4.69, 9.17) is 47.4 Å². The van der Waals surface area contributed by atoms with E-state index in [9.17, 15) is 4.79 Å². The summed E-state index contributed by atoms with van der Waals surface area (Å²) in [7, 11) is 0. The molecule has 1 amide bonds. The van der Waals surface area contributed by atoms with Crippen molar-refractivity contribution in [1.29, 1.82) is 0 Å². The van der Waals surface area contributed by atoms with Crippen LogP contribution in [-0.2, 0) is 85.2 Å². The highest BCUT2D eigenvalue weighted by atomic mass is 16.8. The Balaban J connectivity index is 1.28. The smallest absolute Gasteiger partial charge is 0.217 e. The number of benzene rings is 5. The van der Waals surface area contributed by atoms with Crippen LogP contribution in [0.1, 0.15) is 48.6 Å². The van der Waals surface area contributed by atoms with Crippen LogP contribution in [-0.4, -0.2) is 93.2 Å². The fraction of sp³-hybridized carbons (Fsp3) is 0.400. The molecule has 0 radical (unpaired) electrons. The quantitative estimate of drug-likeness (QED) is 0.0568. The number of amides is 1. The Labute approximate surface area is 395 Å². The lowest BCUT2D eigenvalue weighted by Crippen LogP contribution is -2.69. The first-order valence-corrected chi connectivity index (χ1v) is 23.2. The summed E-state index contributed by atoms with van der Waals surface area (Å²) in [6.07, 6.45) is -6.17. The van der Waals surface area contributed by atoms with E-state index in [1.54, 1.807) is 6.08 Å². The third kappa shape index (κ3) is 15.2. The van der Waals surface area contributed by atoms with Gasteiger partial charge in [-0.1, -0.05) is 158 Å². The van der Waals surface area contributed by atoms with Crippen LogP contribution >= 0.6 is 0 Å². The molecule has 2 fully saturated rings. The van der Waals surface area contributed by atoms with Crippen LogP contribution in [0.15, 0.2) is 164 Å². The summed E-state index contributed by atoms with van der Waals surface area (Å²) >= 11 is 0. The second-order valence-electron chi connectivity index (χ2n) is 17.0. The summed E-state index contributed by atoms with van der Waals surface area (Å²) in [5.74, 6) is -0.314. The van der Waals surface area contributed by atoms with Gasteiger partial charge in [-0.2, -0.15) is 0 Å². The molecule has 356 valence electrons. The average molecular weight is 916 g/mol. The lowest BCUT2D eigenvalue weighted by atomic mass is 9.94. The van der Waals surface area contributed by atoms with Crippen molar-refractivity contribution in [1.82, 2.24) is 5.32 Å². The molecule has 10 atom stereocenters. The monoisotopic (exact) mass is 915 g/mol. The van der Waals surface area contributed by atoms with Crippen LogP contribution in [0.3, 0.4) is 0 Å². The minimum absolute atomic E-state index is 0.0915. The van der Waals surface area contributed by atoms with Crippen LogP contribution in [0, 0.1) is 0 Å². The highest BCUT2D eigenvalue weighted by Crippen LogP contribution is 2.36. The molecule has 5 aromatic rings. The normalized spacial score (nSPS) is 25.1. The lowest BCUT2D eigenvalue weighted by molar-refractivity contribution is -0.365. The van der Waals surface area contributed by atoms with Crippen molar-refractivity contribution >= 4 is 5.91 Å². The summed E-state index contributed by atoms with van der Waals surface area (Å²) in [4.78, 5) is 13.3. The largest absolute Gasteiger partial charge is 0.374 e. The standard InChI is InChI=1S/C55H65NO11/c1-5-31-60-49-46(37-58-32-41-21-11-6-12-22-41)65-54(48(56-40(4)57)51(49)61-34-43-25-15-8-16-26-43)67-50-47(38-59-33-42-23-13-7-14-24-42)66-55(64-39(2)3)53(63-36-45-29-19-10-20-30-45)52(50)62-35-44-27-17-9-18-28-44/h5-30,39,46-55H,1,31-38H2,2-4H3,(H,56,57)/t46-,47-,48+,49+,50-,51-,52+,53-,54+,55+/m1/s1. The van der Waals surface area contributed by atoms with Crippen LogP contribution in [0.5, 0.6) is 0 Å². The molecular weight excluding hydrogens is 851 g/mol. The molecule has 2 saturated heterocycles. The van der Waals surface area contributed by atoms with Crippen LogP contribution in [0.25, 0.3) is 0 Å². The van der Waals surface area contributed by atoms with E-state index in [0.717, 1.165) is 27.8 Å². The summed E-state index contributed by atoms with van der Waals surface area (Å²) in [5, 5.41) is 3.13. The fourth-order valence-electron chi connectivity index (χ4n) is 8.23. The van der Waals surface area contributed by atoms with E-state index in [0.29, 0.717) is 13.2 Å². The van der Waals surface area contributed by atoms with Crippen molar-refractivity contribution in [3.05, 3.63) is 192 Å². The predicted molar refractivity (Wildman–Crippen MR) is 253 cm³/mol. The highest BCUT2D eigenvalue weighted by Gasteiger charge is 2.54. The topological polar surface area (TPSA) is 121 Å². The fourth-order valence-corrected chi connectivity index (χ4v) is 8.23. The van der Waals surface area contributed by atoms with Crippen molar-refractivity contribution in [3.8, 4) is 0 Å². The van der Waals surface area contributed by atoms with Gasteiger partial charge in [0.15, 0.2) is 12.6 Å². The molecule has 5 aromatic carbocycles. The SMILES string of the molecule is C=CCO[C@@H]1[C@H](OCc2ccccc2)[C@H](NC(C)=O)[C@H](O[C@H]2[C@H](OCc3ccccc3)[C@@H](OCc3ccccc3)[C@@H](OC(C)C)O[C@@H]2COCc2ccccc2)O[C@@H]1COCc1ccccc1. The van der Waals surface area contributed by atoms with E-state index >= 15 is 0 Å². The molecule has 2 heterocycles. The van der Waals surface area contributed by atoms with Gasteiger partial charge in [-0.05, 0) is 41.7 Å². The summed E-state index contributed by atoms with van der Waals surface area (Å²) < 4.78 is 67.7. The number of nitrogens with one attached hydrogen (secondary N) is 1. The van der Waals surface area contributed by atoms with E-state index in [2.05, 4.69) is 11.9 Å². The Kier molecular flexibility index (Phi) is 19.7. The summed E-state index contributed by atoms with van der Waals surface area (Å²) in [5.41, 5.74) is 4.84. The van der Waals surface area contributed by atoms with Gasteiger partial charge in [0.05, 0.1) is 59.0 Å². The van der Waals surface area contributed by atoms with E-state index in [-0.39, 0.29) is 51.7 Å². The van der Waals surface area contributed by atoms with E-state index < -0.39 is 61.3 Å². The van der Waals surface area contributed by atoms with Crippen molar-refractivity contribution in [3.63, 3.8) is 0 Å². The molecule has 0 saturated carbocycles. The minimum Gasteiger partial charge on any atom is -0.374 e. The van der Waals surface area contributed by atoms with Gasteiger partial charge in [-0.15, -0.1) is 6.58 Å². The molecule has 0 aliphatic carbocycles. The highest BCUT2D eigenvalue weighted by molar-refractivity contribution is 5.73. The zero-order valence-corrected chi connectivity index (χ0v) is 38.7. The molecule has 2 aliphatic rings. The Morgan fingerprint density at radius 3 is 1.37 bits per heavy atom. The van der Waals surface area contributed by atoms with Crippen LogP contribution in [0.2, 0.25) is 0 Å². The van der Waals surface area contributed by atoms with Crippen molar-refractivity contribution in [2.45, 2.75) is 121 Å². The number of hydrogen-bond acceptors (Lipinski definition) is 11. The maximum Gasteiger partial charge on any atom is 0.217 e. The molecule has 0 unspecified atom stereocenters. The first-order valence-electron chi connectivity index (χ1n) is 23.2. The number of ether oxygens (including phenoxy) is 10. The van der Waals surface area contributed by atoms with E-state index in [1.165, 1.54) is 6.92 Å². The maximum absolute atomic E-state index is 13.3. The Bertz CT molecular complexity index is 2150. The van der Waals surface area contributed by atoms with Crippen molar-refractivity contribution in [2.75, 3.05) is 19.8 Å². The van der Waals surface area contributed by atoms with Gasteiger partial charge in [-0.3, -0.25) is 4.79 Å². The second-order valence-corrected chi connectivity index (χ2v) is 17.0. The Hall–Kier alpha value is -5.09. The third-order valence-electron chi connectivity index (χ3n) is 11.4. The summed E-state index contributed by atoms with van der Waals surface area (Å²) in [6, 6.07) is 48.6. The first-order chi connectivity index (χ1) is 32.8. The number of carbonyl (C=O) groups is 1. The molecule has 7 rings (SSSR count). The zero-order valence-electron chi connectivity index (χ0n) is 38.7. The van der Waals surface area contributed by atoms with Gasteiger partial charge in [0, 0.05) is 6.92 Å². The molecule has 12 nitrogen and oxygen atoms in total. The number of carbonyl (C=O) groups excluding carboxylic acids is 1. The van der Waals surface area contributed by atoms with Gasteiger partial charge in [0.1, 0.15) is 48.8 Å². The molecule has 2 aliphatic heterocycles. The van der Waals surface area contributed by atoms with Crippen LogP contribution < -0.4 is 5.32 Å². The molecular formula is C55H65NO11. The van der Waals surface area contributed by atoms with Crippen molar-refractivity contribution < 1.29 is 52.2 Å². The predicted octanol–water partition coefficient (Wildman–Crippen LogP) is 8.51. The second kappa shape index (κ2) is 26.5. The Morgan fingerprint density at radius 1 is 0.537 bits per heavy atom. The molecule has 0 aromatic heterocycles. The van der Waals surface area contributed by atoms with Gasteiger partial charge in [-0.25, -0.2) is 0 Å². The summed E-state index contributed by atoms with van der Waals surface area (Å²) in [6.45, 7) is 11.0. The van der Waals surface area contributed by atoms with Gasteiger partial charge in [0.25, 0.3) is 0 Å². The average Bonchev–Trinajstić information content (AvgIpc) is 3.34. The number of hydrogen-bond donors (Lipinski definition) is 1. The minimum atomic E-state index is -1.15. The maximum atomic E-state index is 13.3. The van der Waals surface area contributed by atoms with Gasteiger partial charge >= 0.3 is 0 Å². The zero-order chi connectivity index (χ0) is 46.6. The lowest BCUT2D eigenvalue weighted by Gasteiger charge is -2.50. The molecule has 12 heteroatoms. The molecule has 67 heavy (non-hydrogen) atoms. The molecule has 0 bridgehead atoms. The molecule has 0 spiro atoms. The van der Waals surface area contributed by atoms with Gasteiger partial charge in [0.2, 0.25) is 5.91 Å². The Morgan fingerprint density at radius 2 is 0.940 bits per heavy atom. The first kappa shape index (κ1) is 49.8. The van der Waals surface area contributed by atoms with E-state index in [1.807, 2.05) is 166 Å².